The number of carbonyl (C=O) groups excluding carboxylic acids is 2. The first-order valence-electron chi connectivity index (χ1n) is 13.0. The quantitative estimate of drug-likeness (QED) is 0.446. The number of urea groups is 1. The van der Waals surface area contributed by atoms with Crippen molar-refractivity contribution in [2.45, 2.75) is 56.0 Å². The second kappa shape index (κ2) is 11.5. The van der Waals surface area contributed by atoms with E-state index in [2.05, 4.69) is 59.3 Å². The molecule has 8 heteroatoms. The van der Waals surface area contributed by atoms with E-state index in [0.717, 1.165) is 37.8 Å². The van der Waals surface area contributed by atoms with Crippen molar-refractivity contribution in [3.63, 3.8) is 0 Å². The number of ether oxygens (including phenoxy) is 1. The maximum absolute atomic E-state index is 13.6. The zero-order chi connectivity index (χ0) is 25.6. The Balaban J connectivity index is 1.47. The molecule has 0 unspecified atom stereocenters. The molecular formula is C28H39N5O3. The molecule has 4 rings (SSSR count). The average molecular weight is 494 g/mol. The van der Waals surface area contributed by atoms with Gasteiger partial charge in [0, 0.05) is 50.7 Å². The summed E-state index contributed by atoms with van der Waals surface area (Å²) in [5, 5.41) is 0. The number of aromatic nitrogens is 2. The van der Waals surface area contributed by atoms with E-state index in [1.54, 1.807) is 18.2 Å². The molecule has 1 spiro atoms. The smallest absolute Gasteiger partial charge is 0.321 e. The topological polar surface area (TPSA) is 78.9 Å². The number of Topliss-reactive ketones (excluding diaryl/α,β-unsaturated/α-hetero) is 1. The van der Waals surface area contributed by atoms with Gasteiger partial charge in [-0.1, -0.05) is 30.3 Å². The molecule has 0 radical (unpaired) electrons. The van der Waals surface area contributed by atoms with Gasteiger partial charge in [-0.3, -0.25) is 9.69 Å². The van der Waals surface area contributed by atoms with E-state index in [1.807, 2.05) is 11.0 Å². The van der Waals surface area contributed by atoms with Gasteiger partial charge in [0.15, 0.2) is 5.78 Å². The fourth-order valence-corrected chi connectivity index (χ4v) is 6.03. The molecule has 0 bridgehead atoms. The van der Waals surface area contributed by atoms with E-state index in [1.165, 1.54) is 11.9 Å². The standard InChI is InChI=1S/C28H39N5O3/c1-31(2)28(23-8-5-4-6-9-23)15-13-27(14-16-28)21-32(26(35)33(27)18-7-19-36-3)20-25(34)11-10-24-12-17-29-22-30-24/h4-6,8-9,12,17,22H,7,10-11,13-16,18-21H2,1-3H3. The summed E-state index contributed by atoms with van der Waals surface area (Å²) in [5.41, 5.74) is 1.88. The number of nitrogens with zero attached hydrogens (tertiary/aromatic N) is 5. The van der Waals surface area contributed by atoms with Gasteiger partial charge in [0.25, 0.3) is 0 Å². The van der Waals surface area contributed by atoms with Crippen LogP contribution in [0, 0.1) is 0 Å². The lowest BCUT2D eigenvalue weighted by molar-refractivity contribution is -0.119. The Morgan fingerprint density at radius 1 is 1.11 bits per heavy atom. The highest BCUT2D eigenvalue weighted by Gasteiger charge is 2.54. The minimum Gasteiger partial charge on any atom is -0.385 e. The first-order chi connectivity index (χ1) is 17.4. The van der Waals surface area contributed by atoms with Crippen LogP contribution in [-0.2, 0) is 21.5 Å². The lowest BCUT2D eigenvalue weighted by Gasteiger charge is -2.51. The zero-order valence-electron chi connectivity index (χ0n) is 21.9. The van der Waals surface area contributed by atoms with Crippen LogP contribution in [0.5, 0.6) is 0 Å². The van der Waals surface area contributed by atoms with Crippen LogP contribution in [-0.4, -0.2) is 89.5 Å². The predicted octanol–water partition coefficient (Wildman–Crippen LogP) is 3.52. The Kier molecular flexibility index (Phi) is 8.36. The maximum Gasteiger partial charge on any atom is 0.321 e. The maximum atomic E-state index is 13.6. The molecule has 2 fully saturated rings. The van der Waals surface area contributed by atoms with E-state index in [9.17, 15) is 9.59 Å². The number of benzene rings is 1. The molecule has 2 amide bonds. The Labute approximate surface area is 214 Å². The molecule has 0 N–H and O–H groups in total. The molecule has 8 nitrogen and oxygen atoms in total. The number of ketones is 1. The SMILES string of the molecule is COCCCN1C(=O)N(CC(=O)CCc2ccncn2)CC12CCC(c1ccccc1)(N(C)C)CC2. The van der Waals surface area contributed by atoms with Crippen LogP contribution < -0.4 is 0 Å². The van der Waals surface area contributed by atoms with E-state index in [-0.39, 0.29) is 29.4 Å². The van der Waals surface area contributed by atoms with Gasteiger partial charge in [0.05, 0.1) is 12.1 Å². The highest BCUT2D eigenvalue weighted by Crippen LogP contribution is 2.48. The average Bonchev–Trinajstić information content (AvgIpc) is 3.14. The lowest BCUT2D eigenvalue weighted by atomic mass is 9.68. The number of amides is 2. The van der Waals surface area contributed by atoms with Crippen molar-refractivity contribution in [3.05, 3.63) is 60.2 Å². The van der Waals surface area contributed by atoms with Crippen molar-refractivity contribution >= 4 is 11.8 Å². The van der Waals surface area contributed by atoms with Crippen LogP contribution in [0.4, 0.5) is 4.79 Å². The van der Waals surface area contributed by atoms with Gasteiger partial charge in [-0.05, 0) is 64.3 Å². The molecule has 1 aromatic carbocycles. The fourth-order valence-electron chi connectivity index (χ4n) is 6.03. The van der Waals surface area contributed by atoms with Crippen molar-refractivity contribution in [3.8, 4) is 0 Å². The molecule has 2 aromatic rings. The molecule has 2 heterocycles. The third-order valence-electron chi connectivity index (χ3n) is 8.13. The van der Waals surface area contributed by atoms with Gasteiger partial charge in [-0.25, -0.2) is 14.8 Å². The molecule has 1 aromatic heterocycles. The van der Waals surface area contributed by atoms with Gasteiger partial charge in [-0.15, -0.1) is 0 Å². The summed E-state index contributed by atoms with van der Waals surface area (Å²) in [6.07, 6.45) is 8.65. The predicted molar refractivity (Wildman–Crippen MR) is 139 cm³/mol. The van der Waals surface area contributed by atoms with Gasteiger partial charge in [0.1, 0.15) is 6.33 Å². The largest absolute Gasteiger partial charge is 0.385 e. The Morgan fingerprint density at radius 3 is 2.50 bits per heavy atom. The number of methoxy groups -OCH3 is 1. The number of hydrogen-bond acceptors (Lipinski definition) is 6. The monoisotopic (exact) mass is 493 g/mol. The highest BCUT2D eigenvalue weighted by molar-refractivity contribution is 5.87. The highest BCUT2D eigenvalue weighted by atomic mass is 16.5. The van der Waals surface area contributed by atoms with Crippen LogP contribution >= 0.6 is 0 Å². The number of carbonyl (C=O) groups is 2. The molecule has 0 atom stereocenters. The van der Waals surface area contributed by atoms with Crippen molar-refractivity contribution in [1.82, 2.24) is 24.7 Å². The van der Waals surface area contributed by atoms with Gasteiger partial charge in [-0.2, -0.15) is 0 Å². The van der Waals surface area contributed by atoms with Crippen LogP contribution in [0.3, 0.4) is 0 Å². The normalized spacial score (nSPS) is 24.2. The lowest BCUT2D eigenvalue weighted by Crippen LogP contribution is -2.55. The van der Waals surface area contributed by atoms with E-state index >= 15 is 0 Å². The summed E-state index contributed by atoms with van der Waals surface area (Å²) in [4.78, 5) is 40.7. The minimum absolute atomic E-state index is 0.0152. The zero-order valence-corrected chi connectivity index (χ0v) is 21.9. The fraction of sp³-hybridized carbons (Fsp3) is 0.571. The Morgan fingerprint density at radius 2 is 1.86 bits per heavy atom. The van der Waals surface area contributed by atoms with E-state index < -0.39 is 0 Å². The summed E-state index contributed by atoms with van der Waals surface area (Å²) in [5.74, 6) is 0.0681. The van der Waals surface area contributed by atoms with E-state index in [4.69, 9.17) is 4.74 Å². The summed E-state index contributed by atoms with van der Waals surface area (Å²) in [6.45, 7) is 2.03. The number of aryl methyl sites for hydroxylation is 1. The van der Waals surface area contributed by atoms with Crippen molar-refractivity contribution in [1.29, 1.82) is 0 Å². The van der Waals surface area contributed by atoms with Crippen LogP contribution in [0.25, 0.3) is 0 Å². The first-order valence-corrected chi connectivity index (χ1v) is 13.0. The van der Waals surface area contributed by atoms with Crippen LogP contribution in [0.1, 0.15) is 49.8 Å². The van der Waals surface area contributed by atoms with Gasteiger partial charge < -0.3 is 14.5 Å². The Hall–Kier alpha value is -2.84. The second-order valence-electron chi connectivity index (χ2n) is 10.4. The van der Waals surface area contributed by atoms with Crippen molar-refractivity contribution < 1.29 is 14.3 Å². The molecule has 1 saturated heterocycles. The molecule has 1 saturated carbocycles. The van der Waals surface area contributed by atoms with Crippen molar-refractivity contribution in [2.75, 3.05) is 47.4 Å². The molecule has 194 valence electrons. The molecule has 36 heavy (non-hydrogen) atoms. The molecule has 1 aliphatic heterocycles. The summed E-state index contributed by atoms with van der Waals surface area (Å²) >= 11 is 0. The third-order valence-corrected chi connectivity index (χ3v) is 8.13. The van der Waals surface area contributed by atoms with Gasteiger partial charge >= 0.3 is 6.03 Å². The molecule has 1 aliphatic carbocycles. The van der Waals surface area contributed by atoms with Crippen LogP contribution in [0.2, 0.25) is 0 Å². The second-order valence-corrected chi connectivity index (χ2v) is 10.4. The summed E-state index contributed by atoms with van der Waals surface area (Å²) in [7, 11) is 6.00. The molecule has 2 aliphatic rings. The van der Waals surface area contributed by atoms with Crippen LogP contribution in [0.15, 0.2) is 48.9 Å². The summed E-state index contributed by atoms with van der Waals surface area (Å²) in [6, 6.07) is 12.5. The summed E-state index contributed by atoms with van der Waals surface area (Å²) < 4.78 is 5.28. The first kappa shape index (κ1) is 26.2. The Bertz CT molecular complexity index is 1010. The number of rotatable bonds is 11. The third kappa shape index (κ3) is 5.44. The minimum atomic E-state index is -0.244. The number of hydrogen-bond donors (Lipinski definition) is 0. The molecular weight excluding hydrogens is 454 g/mol. The van der Waals surface area contributed by atoms with Gasteiger partial charge in [0.2, 0.25) is 0 Å². The van der Waals surface area contributed by atoms with Crippen molar-refractivity contribution in [2.24, 2.45) is 0 Å². The van der Waals surface area contributed by atoms with E-state index in [0.29, 0.717) is 32.5 Å².